The van der Waals surface area contributed by atoms with Crippen molar-refractivity contribution in [2.75, 3.05) is 0 Å². The molecular formula is C10H10N2O2. The second-order valence-corrected chi connectivity index (χ2v) is 3.37. The van der Waals surface area contributed by atoms with Crippen molar-refractivity contribution in [3.8, 4) is 0 Å². The first-order valence-corrected chi connectivity index (χ1v) is 4.41. The van der Waals surface area contributed by atoms with E-state index in [1.54, 1.807) is 19.9 Å². The molecule has 0 amide bonds. The van der Waals surface area contributed by atoms with Crippen LogP contribution in [0.3, 0.4) is 0 Å². The molecule has 0 spiro atoms. The SMILES string of the molecule is CC1=c2c(nc(C)[nH]c2=O)=CCC1=O. The highest BCUT2D eigenvalue weighted by atomic mass is 16.1. The monoisotopic (exact) mass is 190 g/mol. The summed E-state index contributed by atoms with van der Waals surface area (Å²) in [7, 11) is 0. The number of hydrogen-bond acceptors (Lipinski definition) is 3. The van der Waals surface area contributed by atoms with Gasteiger partial charge in [0.05, 0.1) is 10.6 Å². The van der Waals surface area contributed by atoms with E-state index in [0.717, 1.165) is 0 Å². The lowest BCUT2D eigenvalue weighted by atomic mass is 10.0. The number of nitrogens with one attached hydrogen (secondary N) is 1. The molecule has 0 saturated heterocycles. The zero-order valence-corrected chi connectivity index (χ0v) is 8.05. The normalized spacial score (nSPS) is 15.0. The Hall–Kier alpha value is -1.71. The molecule has 0 fully saturated rings. The molecule has 1 aliphatic rings. The van der Waals surface area contributed by atoms with Gasteiger partial charge in [0.15, 0.2) is 5.78 Å². The van der Waals surface area contributed by atoms with E-state index >= 15 is 0 Å². The van der Waals surface area contributed by atoms with Crippen LogP contribution in [-0.4, -0.2) is 15.8 Å². The number of carbonyl (C=O) groups is 1. The molecule has 0 aromatic carbocycles. The summed E-state index contributed by atoms with van der Waals surface area (Å²) in [4.78, 5) is 29.7. The van der Waals surface area contributed by atoms with Crippen molar-refractivity contribution in [1.29, 1.82) is 0 Å². The van der Waals surface area contributed by atoms with E-state index in [9.17, 15) is 9.59 Å². The van der Waals surface area contributed by atoms with Gasteiger partial charge in [-0.05, 0) is 13.8 Å². The van der Waals surface area contributed by atoms with Crippen LogP contribution in [0.25, 0.3) is 11.6 Å². The van der Waals surface area contributed by atoms with Crippen LogP contribution in [-0.2, 0) is 4.79 Å². The molecule has 0 aliphatic heterocycles. The third-order valence-corrected chi connectivity index (χ3v) is 2.34. The van der Waals surface area contributed by atoms with Gasteiger partial charge in [-0.1, -0.05) is 6.08 Å². The lowest BCUT2D eigenvalue weighted by molar-refractivity contribution is -0.113. The fourth-order valence-corrected chi connectivity index (χ4v) is 1.60. The average molecular weight is 190 g/mol. The second-order valence-electron chi connectivity index (χ2n) is 3.37. The van der Waals surface area contributed by atoms with E-state index in [2.05, 4.69) is 9.97 Å². The molecule has 1 heterocycles. The zero-order valence-electron chi connectivity index (χ0n) is 8.05. The molecule has 0 radical (unpaired) electrons. The molecule has 0 unspecified atom stereocenters. The summed E-state index contributed by atoms with van der Waals surface area (Å²) in [6, 6.07) is 0. The minimum absolute atomic E-state index is 0.00588. The van der Waals surface area contributed by atoms with Gasteiger partial charge in [-0.2, -0.15) is 0 Å². The number of aromatic amines is 1. The molecule has 2 rings (SSSR count). The highest BCUT2D eigenvalue weighted by Gasteiger charge is 2.12. The molecule has 1 aromatic heterocycles. The lowest BCUT2D eigenvalue weighted by Gasteiger charge is -2.04. The van der Waals surface area contributed by atoms with Crippen molar-refractivity contribution in [2.45, 2.75) is 20.3 Å². The van der Waals surface area contributed by atoms with Crippen molar-refractivity contribution in [1.82, 2.24) is 9.97 Å². The fraction of sp³-hybridized carbons (Fsp3) is 0.300. The maximum absolute atomic E-state index is 11.6. The quantitative estimate of drug-likeness (QED) is 0.571. The molecule has 0 atom stereocenters. The van der Waals surface area contributed by atoms with E-state index in [1.165, 1.54) is 0 Å². The number of hydrogen-bond donors (Lipinski definition) is 1. The van der Waals surface area contributed by atoms with E-state index in [0.29, 0.717) is 28.4 Å². The smallest absolute Gasteiger partial charge is 0.259 e. The summed E-state index contributed by atoms with van der Waals surface area (Å²) in [6.07, 6.45) is 2.04. The molecule has 1 N–H and O–H groups in total. The number of aromatic nitrogens is 2. The van der Waals surface area contributed by atoms with Gasteiger partial charge in [-0.15, -0.1) is 0 Å². The number of H-pyrrole nitrogens is 1. The Balaban J connectivity index is 3.06. The summed E-state index contributed by atoms with van der Waals surface area (Å²) >= 11 is 0. The van der Waals surface area contributed by atoms with Crippen molar-refractivity contribution < 1.29 is 4.79 Å². The molecule has 1 aliphatic carbocycles. The fourth-order valence-electron chi connectivity index (χ4n) is 1.60. The van der Waals surface area contributed by atoms with Gasteiger partial charge in [0, 0.05) is 12.0 Å². The summed E-state index contributed by atoms with van der Waals surface area (Å²) in [6.45, 7) is 3.39. The predicted molar refractivity (Wildman–Crippen MR) is 52.0 cm³/mol. The highest BCUT2D eigenvalue weighted by molar-refractivity contribution is 6.16. The summed E-state index contributed by atoms with van der Waals surface area (Å²) < 4.78 is 0. The second kappa shape index (κ2) is 2.90. The summed E-state index contributed by atoms with van der Waals surface area (Å²) in [5.41, 5.74) is 0.283. The van der Waals surface area contributed by atoms with E-state index in [1.807, 2.05) is 0 Å². The number of fused-ring (bicyclic) bond motifs is 1. The van der Waals surface area contributed by atoms with Crippen LogP contribution >= 0.6 is 0 Å². The summed E-state index contributed by atoms with van der Waals surface area (Å²) in [5.74, 6) is 0.570. The van der Waals surface area contributed by atoms with Gasteiger partial charge < -0.3 is 4.98 Å². The van der Waals surface area contributed by atoms with E-state index in [-0.39, 0.29) is 11.3 Å². The number of rotatable bonds is 0. The third kappa shape index (κ3) is 1.19. The number of aryl methyl sites for hydroxylation is 1. The lowest BCUT2D eigenvalue weighted by Crippen LogP contribution is -2.47. The van der Waals surface area contributed by atoms with Crippen LogP contribution in [0.4, 0.5) is 0 Å². The largest absolute Gasteiger partial charge is 0.310 e. The molecular weight excluding hydrogens is 180 g/mol. The van der Waals surface area contributed by atoms with Gasteiger partial charge in [0.25, 0.3) is 5.56 Å². The first kappa shape index (κ1) is 8.87. The van der Waals surface area contributed by atoms with Gasteiger partial charge in [0.2, 0.25) is 0 Å². The molecule has 0 bridgehead atoms. The Morgan fingerprint density at radius 1 is 1.36 bits per heavy atom. The minimum atomic E-state index is -0.227. The standard InChI is InChI=1S/C10H10N2O2/c1-5-8(13)4-3-7-9(5)10(14)12-6(2)11-7/h3H,4H2,1-2H3,(H,11,12,14). The van der Waals surface area contributed by atoms with Crippen molar-refractivity contribution in [2.24, 2.45) is 0 Å². The van der Waals surface area contributed by atoms with Gasteiger partial charge in [-0.25, -0.2) is 4.98 Å². The summed E-state index contributed by atoms with van der Waals surface area (Å²) in [5, 5.41) is 1.05. The number of carbonyl (C=O) groups excluding carboxylic acids is 1. The Morgan fingerprint density at radius 2 is 2.07 bits per heavy atom. The van der Waals surface area contributed by atoms with Crippen LogP contribution < -0.4 is 16.1 Å². The number of nitrogens with zero attached hydrogens (tertiary/aromatic N) is 1. The van der Waals surface area contributed by atoms with Crippen LogP contribution in [0.2, 0.25) is 0 Å². The van der Waals surface area contributed by atoms with Crippen molar-refractivity contribution in [3.63, 3.8) is 0 Å². The van der Waals surface area contributed by atoms with Crippen LogP contribution in [0.15, 0.2) is 4.79 Å². The van der Waals surface area contributed by atoms with Crippen LogP contribution in [0, 0.1) is 6.92 Å². The van der Waals surface area contributed by atoms with Crippen molar-refractivity contribution >= 4 is 17.4 Å². The maximum atomic E-state index is 11.6. The molecule has 72 valence electrons. The molecule has 4 nitrogen and oxygen atoms in total. The van der Waals surface area contributed by atoms with Crippen LogP contribution in [0.5, 0.6) is 0 Å². The molecule has 14 heavy (non-hydrogen) atoms. The van der Waals surface area contributed by atoms with Gasteiger partial charge >= 0.3 is 0 Å². The first-order chi connectivity index (χ1) is 6.59. The first-order valence-electron chi connectivity index (χ1n) is 4.41. The Kier molecular flexibility index (Phi) is 1.84. The molecule has 1 aromatic rings. The topological polar surface area (TPSA) is 62.8 Å². The average Bonchev–Trinajstić information content (AvgIpc) is 2.10. The Morgan fingerprint density at radius 3 is 2.79 bits per heavy atom. The molecule has 0 saturated carbocycles. The van der Waals surface area contributed by atoms with Gasteiger partial charge in [-0.3, -0.25) is 9.59 Å². The zero-order chi connectivity index (χ0) is 10.3. The Bertz CT molecular complexity index is 581. The highest BCUT2D eigenvalue weighted by Crippen LogP contribution is 1.99. The minimum Gasteiger partial charge on any atom is -0.310 e. The number of ketones is 1. The maximum Gasteiger partial charge on any atom is 0.259 e. The molecule has 4 heteroatoms. The van der Waals surface area contributed by atoms with Crippen molar-refractivity contribution in [3.05, 3.63) is 26.7 Å². The third-order valence-electron chi connectivity index (χ3n) is 2.34. The van der Waals surface area contributed by atoms with Crippen LogP contribution in [0.1, 0.15) is 19.2 Å². The van der Waals surface area contributed by atoms with E-state index < -0.39 is 0 Å². The Labute approximate surface area is 80.0 Å². The number of Topliss-reactive ketones (excluding diaryl/α,β-unsaturated/α-hetero) is 1. The van der Waals surface area contributed by atoms with Gasteiger partial charge in [0.1, 0.15) is 5.82 Å². The van der Waals surface area contributed by atoms with E-state index in [4.69, 9.17) is 0 Å². The predicted octanol–water partition coefficient (Wildman–Crippen LogP) is -0.998.